The van der Waals surface area contributed by atoms with E-state index in [0.717, 1.165) is 25.9 Å². The van der Waals surface area contributed by atoms with Crippen molar-refractivity contribution >= 4 is 12.0 Å². The first-order chi connectivity index (χ1) is 9.21. The molecule has 0 bridgehead atoms. The number of rotatable bonds is 5. The molecular formula is C13H25N3O4. The van der Waals surface area contributed by atoms with Crippen molar-refractivity contribution < 1.29 is 19.8 Å². The molecule has 0 aromatic rings. The van der Waals surface area contributed by atoms with Crippen molar-refractivity contribution in [1.29, 1.82) is 0 Å². The first kappa shape index (κ1) is 16.7. The van der Waals surface area contributed by atoms with Gasteiger partial charge in [-0.3, -0.25) is 4.79 Å². The Morgan fingerprint density at radius 1 is 1.40 bits per heavy atom. The SMILES string of the molecule is CN1CCC(N(C)C(=O)NCC(C)(O)CC(=O)O)CC1. The molecule has 7 heteroatoms. The summed E-state index contributed by atoms with van der Waals surface area (Å²) in [6, 6.07) is -0.0826. The highest BCUT2D eigenvalue weighted by Gasteiger charge is 2.28. The first-order valence-corrected chi connectivity index (χ1v) is 6.84. The molecule has 1 fully saturated rings. The highest BCUT2D eigenvalue weighted by atomic mass is 16.4. The summed E-state index contributed by atoms with van der Waals surface area (Å²) in [6.07, 6.45) is 1.45. The van der Waals surface area contributed by atoms with Gasteiger partial charge in [0.2, 0.25) is 0 Å². The Morgan fingerprint density at radius 3 is 2.45 bits per heavy atom. The van der Waals surface area contributed by atoms with E-state index >= 15 is 0 Å². The molecule has 2 amide bonds. The molecule has 0 spiro atoms. The van der Waals surface area contributed by atoms with Crippen LogP contribution in [0.4, 0.5) is 4.79 Å². The first-order valence-electron chi connectivity index (χ1n) is 6.84. The van der Waals surface area contributed by atoms with Crippen LogP contribution in [0.25, 0.3) is 0 Å². The molecule has 3 N–H and O–H groups in total. The Bertz CT molecular complexity index is 352. The molecule has 0 saturated carbocycles. The van der Waals surface area contributed by atoms with Gasteiger partial charge in [0, 0.05) is 19.6 Å². The summed E-state index contributed by atoms with van der Waals surface area (Å²) in [7, 11) is 3.79. The molecule has 20 heavy (non-hydrogen) atoms. The third-order valence-corrected chi connectivity index (χ3v) is 3.71. The van der Waals surface area contributed by atoms with Crippen molar-refractivity contribution in [3.8, 4) is 0 Å². The molecular weight excluding hydrogens is 262 g/mol. The van der Waals surface area contributed by atoms with Gasteiger partial charge in [-0.2, -0.15) is 0 Å². The van der Waals surface area contributed by atoms with E-state index in [4.69, 9.17) is 5.11 Å². The minimum atomic E-state index is -1.44. The van der Waals surface area contributed by atoms with Crippen molar-refractivity contribution in [1.82, 2.24) is 15.1 Å². The van der Waals surface area contributed by atoms with E-state index in [1.165, 1.54) is 6.92 Å². The zero-order valence-corrected chi connectivity index (χ0v) is 12.4. The normalized spacial score (nSPS) is 20.2. The van der Waals surface area contributed by atoms with Crippen LogP contribution in [-0.2, 0) is 4.79 Å². The second-order valence-corrected chi connectivity index (χ2v) is 5.87. The third-order valence-electron chi connectivity index (χ3n) is 3.71. The zero-order valence-electron chi connectivity index (χ0n) is 12.4. The zero-order chi connectivity index (χ0) is 15.3. The van der Waals surface area contributed by atoms with Crippen molar-refractivity contribution in [2.45, 2.75) is 37.8 Å². The fourth-order valence-electron chi connectivity index (χ4n) is 2.33. The van der Waals surface area contributed by atoms with Crippen LogP contribution in [0.15, 0.2) is 0 Å². The highest BCUT2D eigenvalue weighted by Crippen LogP contribution is 2.14. The molecule has 1 rings (SSSR count). The van der Waals surface area contributed by atoms with Crippen LogP contribution in [0.5, 0.6) is 0 Å². The Kier molecular flexibility index (Phi) is 5.76. The van der Waals surface area contributed by atoms with E-state index in [2.05, 4.69) is 17.3 Å². The van der Waals surface area contributed by atoms with Gasteiger partial charge >= 0.3 is 12.0 Å². The quantitative estimate of drug-likeness (QED) is 0.659. The summed E-state index contributed by atoms with van der Waals surface area (Å²) < 4.78 is 0. The van der Waals surface area contributed by atoms with Crippen LogP contribution in [-0.4, -0.2) is 77.4 Å². The van der Waals surface area contributed by atoms with E-state index in [1.54, 1.807) is 11.9 Å². The number of carbonyl (C=O) groups excluding carboxylic acids is 1. The van der Waals surface area contributed by atoms with Crippen molar-refractivity contribution in [2.24, 2.45) is 0 Å². The summed E-state index contributed by atoms with van der Waals surface area (Å²) in [5.74, 6) is -1.09. The standard InChI is InChI=1S/C13H25N3O4/c1-13(20,8-11(17)18)9-14-12(19)16(3)10-4-6-15(2)7-5-10/h10,20H,4-9H2,1-3H3,(H,14,19)(H,17,18). The number of hydrogen-bond donors (Lipinski definition) is 3. The fraction of sp³-hybridized carbons (Fsp3) is 0.846. The lowest BCUT2D eigenvalue weighted by molar-refractivity contribution is -0.141. The number of urea groups is 1. The number of likely N-dealkylation sites (tertiary alicyclic amines) is 1. The molecule has 116 valence electrons. The maximum atomic E-state index is 12.0. The number of piperidine rings is 1. The number of aliphatic carboxylic acids is 1. The molecule has 7 nitrogen and oxygen atoms in total. The van der Waals surface area contributed by atoms with Crippen LogP contribution in [0, 0.1) is 0 Å². The Balaban J connectivity index is 2.40. The minimum Gasteiger partial charge on any atom is -0.481 e. The molecule has 0 radical (unpaired) electrons. The van der Waals surface area contributed by atoms with E-state index in [9.17, 15) is 14.7 Å². The Morgan fingerprint density at radius 2 is 1.95 bits per heavy atom. The van der Waals surface area contributed by atoms with E-state index in [-0.39, 0.29) is 18.6 Å². The molecule has 0 aliphatic carbocycles. The lowest BCUT2D eigenvalue weighted by atomic mass is 10.0. The van der Waals surface area contributed by atoms with Crippen LogP contribution < -0.4 is 5.32 Å². The Hall–Kier alpha value is -1.34. The number of carboxylic acids is 1. The smallest absolute Gasteiger partial charge is 0.317 e. The summed E-state index contributed by atoms with van der Waals surface area (Å²) in [4.78, 5) is 26.4. The van der Waals surface area contributed by atoms with Crippen molar-refractivity contribution in [3.05, 3.63) is 0 Å². The van der Waals surface area contributed by atoms with Gasteiger partial charge in [0.1, 0.15) is 0 Å². The number of nitrogens with one attached hydrogen (secondary N) is 1. The number of amides is 2. The second kappa shape index (κ2) is 6.90. The maximum absolute atomic E-state index is 12.0. The summed E-state index contributed by atoms with van der Waals surface area (Å²) in [5.41, 5.74) is -1.44. The van der Waals surface area contributed by atoms with E-state index in [0.29, 0.717) is 0 Å². The molecule has 1 unspecified atom stereocenters. The maximum Gasteiger partial charge on any atom is 0.317 e. The van der Waals surface area contributed by atoms with Gasteiger partial charge < -0.3 is 25.3 Å². The molecule has 1 aliphatic heterocycles. The summed E-state index contributed by atoms with van der Waals surface area (Å²) in [6.45, 7) is 3.24. The Labute approximate surface area is 119 Å². The van der Waals surface area contributed by atoms with Gasteiger partial charge in [0.25, 0.3) is 0 Å². The number of hydrogen-bond acceptors (Lipinski definition) is 4. The third kappa shape index (κ3) is 5.34. The highest BCUT2D eigenvalue weighted by molar-refractivity contribution is 5.74. The number of carbonyl (C=O) groups is 2. The van der Waals surface area contributed by atoms with Crippen LogP contribution in [0.1, 0.15) is 26.2 Å². The van der Waals surface area contributed by atoms with E-state index < -0.39 is 18.0 Å². The van der Waals surface area contributed by atoms with Gasteiger partial charge in [-0.25, -0.2) is 4.79 Å². The second-order valence-electron chi connectivity index (χ2n) is 5.87. The van der Waals surface area contributed by atoms with Crippen LogP contribution >= 0.6 is 0 Å². The average Bonchev–Trinajstić information content (AvgIpc) is 2.34. The fourth-order valence-corrected chi connectivity index (χ4v) is 2.33. The monoisotopic (exact) mass is 287 g/mol. The van der Waals surface area contributed by atoms with Gasteiger partial charge in [-0.1, -0.05) is 0 Å². The van der Waals surface area contributed by atoms with Gasteiger partial charge in [-0.15, -0.1) is 0 Å². The number of carboxylic acid groups (broad SMARTS) is 1. The van der Waals surface area contributed by atoms with Crippen LogP contribution in [0.3, 0.4) is 0 Å². The predicted molar refractivity (Wildman–Crippen MR) is 74.6 cm³/mol. The molecule has 0 aromatic heterocycles. The van der Waals surface area contributed by atoms with Crippen molar-refractivity contribution in [3.63, 3.8) is 0 Å². The number of aliphatic hydroxyl groups is 1. The molecule has 1 heterocycles. The minimum absolute atomic E-state index is 0.0743. The predicted octanol–water partition coefficient (Wildman–Crippen LogP) is -0.0523. The van der Waals surface area contributed by atoms with Gasteiger partial charge in [-0.05, 0) is 39.9 Å². The lowest BCUT2D eigenvalue weighted by Crippen LogP contribution is -2.51. The molecule has 1 aliphatic rings. The molecule has 0 aromatic carbocycles. The van der Waals surface area contributed by atoms with Gasteiger partial charge in [0.05, 0.1) is 12.0 Å². The largest absolute Gasteiger partial charge is 0.481 e. The molecule has 1 saturated heterocycles. The molecule has 1 atom stereocenters. The summed E-state index contributed by atoms with van der Waals surface area (Å²) in [5, 5.41) is 21.1. The average molecular weight is 287 g/mol. The lowest BCUT2D eigenvalue weighted by Gasteiger charge is -2.35. The van der Waals surface area contributed by atoms with Crippen molar-refractivity contribution in [2.75, 3.05) is 33.7 Å². The number of nitrogens with zero attached hydrogens (tertiary/aromatic N) is 2. The van der Waals surface area contributed by atoms with E-state index in [1.807, 2.05) is 0 Å². The topological polar surface area (TPSA) is 93.1 Å². The van der Waals surface area contributed by atoms with Crippen LogP contribution in [0.2, 0.25) is 0 Å². The van der Waals surface area contributed by atoms with Gasteiger partial charge in [0.15, 0.2) is 0 Å². The summed E-state index contributed by atoms with van der Waals surface area (Å²) >= 11 is 0.